The smallest absolute Gasteiger partial charge is 0.0402 e. The quantitative estimate of drug-likeness (QED) is 0.800. The van der Waals surface area contributed by atoms with Crippen LogP contribution in [-0.4, -0.2) is 19.6 Å². The molecule has 2 heteroatoms. The molecule has 0 radical (unpaired) electrons. The van der Waals surface area contributed by atoms with Crippen LogP contribution in [0.1, 0.15) is 37.9 Å². The fourth-order valence-corrected chi connectivity index (χ4v) is 2.61. The number of allylic oxidation sites excluding steroid dienone is 1. The predicted octanol–water partition coefficient (Wildman–Crippen LogP) is 3.30. The molecule has 1 N–H and O–H groups in total. The molecule has 0 fully saturated rings. The molecule has 2 nitrogen and oxygen atoms in total. The van der Waals surface area contributed by atoms with Crippen molar-refractivity contribution in [1.82, 2.24) is 5.32 Å². The third kappa shape index (κ3) is 2.75. The first kappa shape index (κ1) is 13.2. The summed E-state index contributed by atoms with van der Waals surface area (Å²) in [5.41, 5.74) is 4.32. The van der Waals surface area contributed by atoms with Crippen molar-refractivity contribution in [3.63, 3.8) is 0 Å². The number of rotatable bonds is 5. The minimum Gasteiger partial charge on any atom is -0.367 e. The van der Waals surface area contributed by atoms with E-state index in [2.05, 4.69) is 61.3 Å². The van der Waals surface area contributed by atoms with Crippen molar-refractivity contribution in [2.45, 2.75) is 33.2 Å². The van der Waals surface area contributed by atoms with Crippen molar-refractivity contribution >= 4 is 5.69 Å². The van der Waals surface area contributed by atoms with Crippen molar-refractivity contribution in [3.05, 3.63) is 41.5 Å². The standard InChI is InChI=1S/C16H24N2/c1-4-6-10-18-11-9-15-12-14(7-8-16(15)18)13(3)17-5-2/h4,6-8,12-13,17H,5,9-11H2,1-3H3/b6-4+. The van der Waals surface area contributed by atoms with Crippen LogP contribution >= 0.6 is 0 Å². The van der Waals surface area contributed by atoms with E-state index >= 15 is 0 Å². The van der Waals surface area contributed by atoms with E-state index in [0.717, 1.165) is 19.6 Å². The summed E-state index contributed by atoms with van der Waals surface area (Å²) in [7, 11) is 0. The number of hydrogen-bond donors (Lipinski definition) is 1. The maximum absolute atomic E-state index is 3.47. The Labute approximate surface area is 111 Å². The van der Waals surface area contributed by atoms with Gasteiger partial charge in [0.05, 0.1) is 0 Å². The highest BCUT2D eigenvalue weighted by Crippen LogP contribution is 2.30. The fraction of sp³-hybridized carbons (Fsp3) is 0.500. The van der Waals surface area contributed by atoms with Gasteiger partial charge in [-0.15, -0.1) is 0 Å². The first-order valence-electron chi connectivity index (χ1n) is 6.98. The number of hydrogen-bond acceptors (Lipinski definition) is 2. The van der Waals surface area contributed by atoms with Crippen LogP contribution in [0.2, 0.25) is 0 Å². The molecule has 1 atom stereocenters. The van der Waals surface area contributed by atoms with Crippen LogP contribution in [-0.2, 0) is 6.42 Å². The van der Waals surface area contributed by atoms with E-state index in [9.17, 15) is 0 Å². The van der Waals surface area contributed by atoms with Gasteiger partial charge in [-0.05, 0) is 44.0 Å². The summed E-state index contributed by atoms with van der Waals surface area (Å²) in [6.07, 6.45) is 5.53. The Kier molecular flexibility index (Phi) is 4.43. The van der Waals surface area contributed by atoms with Gasteiger partial charge in [-0.1, -0.05) is 31.2 Å². The van der Waals surface area contributed by atoms with Crippen molar-refractivity contribution < 1.29 is 0 Å². The molecule has 0 aliphatic carbocycles. The molecule has 1 aliphatic heterocycles. The molecular weight excluding hydrogens is 220 g/mol. The summed E-state index contributed by atoms with van der Waals surface area (Å²) in [6, 6.07) is 7.37. The van der Waals surface area contributed by atoms with Crippen molar-refractivity contribution in [1.29, 1.82) is 0 Å². The molecule has 1 aromatic carbocycles. The second-order valence-electron chi connectivity index (χ2n) is 4.93. The van der Waals surface area contributed by atoms with Gasteiger partial charge in [0.15, 0.2) is 0 Å². The molecule has 0 aromatic heterocycles. The van der Waals surface area contributed by atoms with Gasteiger partial charge < -0.3 is 10.2 Å². The SMILES string of the molecule is C/C=C/CN1CCc2cc(C(C)NCC)ccc21. The number of benzene rings is 1. The average molecular weight is 244 g/mol. The second kappa shape index (κ2) is 6.05. The van der Waals surface area contributed by atoms with Gasteiger partial charge >= 0.3 is 0 Å². The Morgan fingerprint density at radius 1 is 1.44 bits per heavy atom. The fourth-order valence-electron chi connectivity index (χ4n) is 2.61. The Morgan fingerprint density at radius 2 is 2.28 bits per heavy atom. The van der Waals surface area contributed by atoms with Gasteiger partial charge in [-0.3, -0.25) is 0 Å². The van der Waals surface area contributed by atoms with Crippen LogP contribution < -0.4 is 10.2 Å². The molecule has 2 rings (SSSR count). The van der Waals surface area contributed by atoms with Gasteiger partial charge in [0.2, 0.25) is 0 Å². The summed E-state index contributed by atoms with van der Waals surface area (Å²) < 4.78 is 0. The Morgan fingerprint density at radius 3 is 3.00 bits per heavy atom. The van der Waals surface area contributed by atoms with Crippen molar-refractivity contribution in [2.24, 2.45) is 0 Å². The second-order valence-corrected chi connectivity index (χ2v) is 4.93. The zero-order chi connectivity index (χ0) is 13.0. The monoisotopic (exact) mass is 244 g/mol. The first-order valence-corrected chi connectivity index (χ1v) is 6.98. The van der Waals surface area contributed by atoms with E-state index in [1.165, 1.54) is 23.2 Å². The lowest BCUT2D eigenvalue weighted by molar-refractivity contribution is 0.598. The Hall–Kier alpha value is -1.28. The zero-order valence-electron chi connectivity index (χ0n) is 11.7. The molecular formula is C16H24N2. The maximum Gasteiger partial charge on any atom is 0.0402 e. The van der Waals surface area contributed by atoms with Crippen LogP contribution in [0.15, 0.2) is 30.4 Å². The van der Waals surface area contributed by atoms with Crippen LogP contribution in [0.4, 0.5) is 5.69 Å². The van der Waals surface area contributed by atoms with E-state index in [1.54, 1.807) is 0 Å². The highest BCUT2D eigenvalue weighted by Gasteiger charge is 2.18. The summed E-state index contributed by atoms with van der Waals surface area (Å²) in [5, 5.41) is 3.47. The van der Waals surface area contributed by atoms with Crippen LogP contribution in [0, 0.1) is 0 Å². The van der Waals surface area contributed by atoms with Gasteiger partial charge in [0.25, 0.3) is 0 Å². The summed E-state index contributed by atoms with van der Waals surface area (Å²) >= 11 is 0. The lowest BCUT2D eigenvalue weighted by atomic mass is 10.0. The highest BCUT2D eigenvalue weighted by molar-refractivity contribution is 5.59. The van der Waals surface area contributed by atoms with E-state index in [0.29, 0.717) is 6.04 Å². The lowest BCUT2D eigenvalue weighted by Crippen LogP contribution is -2.20. The molecule has 18 heavy (non-hydrogen) atoms. The Bertz CT molecular complexity index is 423. The van der Waals surface area contributed by atoms with E-state index < -0.39 is 0 Å². The summed E-state index contributed by atoms with van der Waals surface area (Å²) in [6.45, 7) is 9.68. The largest absolute Gasteiger partial charge is 0.367 e. The minimum atomic E-state index is 0.449. The van der Waals surface area contributed by atoms with E-state index in [1.807, 2.05) is 0 Å². The van der Waals surface area contributed by atoms with Crippen LogP contribution in [0.5, 0.6) is 0 Å². The number of fused-ring (bicyclic) bond motifs is 1. The van der Waals surface area contributed by atoms with Gasteiger partial charge in [0, 0.05) is 24.8 Å². The third-order valence-electron chi connectivity index (χ3n) is 3.67. The molecule has 1 heterocycles. The predicted molar refractivity (Wildman–Crippen MR) is 79.3 cm³/mol. The minimum absolute atomic E-state index is 0.449. The zero-order valence-corrected chi connectivity index (χ0v) is 11.7. The maximum atomic E-state index is 3.47. The van der Waals surface area contributed by atoms with Crippen LogP contribution in [0.3, 0.4) is 0 Å². The molecule has 1 aromatic rings. The first-order chi connectivity index (χ1) is 8.76. The highest BCUT2D eigenvalue weighted by atomic mass is 15.1. The van der Waals surface area contributed by atoms with E-state index in [4.69, 9.17) is 0 Å². The molecule has 0 saturated heterocycles. The van der Waals surface area contributed by atoms with Crippen molar-refractivity contribution in [2.75, 3.05) is 24.5 Å². The molecule has 0 saturated carbocycles. The third-order valence-corrected chi connectivity index (χ3v) is 3.67. The Balaban J connectivity index is 2.14. The van der Waals surface area contributed by atoms with Crippen molar-refractivity contribution in [3.8, 4) is 0 Å². The summed E-state index contributed by atoms with van der Waals surface area (Å²) in [4.78, 5) is 2.46. The topological polar surface area (TPSA) is 15.3 Å². The molecule has 0 bridgehead atoms. The van der Waals surface area contributed by atoms with Gasteiger partial charge in [-0.2, -0.15) is 0 Å². The average Bonchev–Trinajstić information content (AvgIpc) is 2.79. The lowest BCUT2D eigenvalue weighted by Gasteiger charge is -2.18. The number of nitrogens with one attached hydrogen (secondary N) is 1. The number of nitrogens with zero attached hydrogens (tertiary/aromatic N) is 1. The van der Waals surface area contributed by atoms with Gasteiger partial charge in [-0.25, -0.2) is 0 Å². The molecule has 1 aliphatic rings. The van der Waals surface area contributed by atoms with Crippen LogP contribution in [0.25, 0.3) is 0 Å². The number of anilines is 1. The normalized spacial score (nSPS) is 16.3. The molecule has 0 spiro atoms. The molecule has 1 unspecified atom stereocenters. The van der Waals surface area contributed by atoms with E-state index in [-0.39, 0.29) is 0 Å². The van der Waals surface area contributed by atoms with Gasteiger partial charge in [0.1, 0.15) is 0 Å². The molecule has 98 valence electrons. The molecule has 0 amide bonds. The summed E-state index contributed by atoms with van der Waals surface area (Å²) in [5.74, 6) is 0.